The molecule has 3 aromatic rings. The lowest BCUT2D eigenvalue weighted by Gasteiger charge is -2.36. The Morgan fingerprint density at radius 3 is 2.42 bits per heavy atom. The minimum Gasteiger partial charge on any atom is -0.496 e. The summed E-state index contributed by atoms with van der Waals surface area (Å²) < 4.78 is 7.43. The number of hydrogen-bond donors (Lipinski definition) is 1. The lowest BCUT2D eigenvalue weighted by atomic mass is 9.78. The number of benzene rings is 2. The smallest absolute Gasteiger partial charge is 0.230 e. The van der Waals surface area contributed by atoms with E-state index in [0.29, 0.717) is 30.7 Å². The third-order valence-corrected chi connectivity index (χ3v) is 9.11. The quantitative estimate of drug-likeness (QED) is 0.324. The van der Waals surface area contributed by atoms with Crippen LogP contribution in [0.4, 0.5) is 5.69 Å². The zero-order valence-electron chi connectivity index (χ0n) is 24.6. The maximum absolute atomic E-state index is 14.0. The number of methoxy groups -OCH3 is 1. The van der Waals surface area contributed by atoms with Crippen LogP contribution in [0.3, 0.4) is 0 Å². The van der Waals surface area contributed by atoms with E-state index in [1.165, 1.54) is 11.1 Å². The van der Waals surface area contributed by atoms with Crippen LogP contribution >= 0.6 is 0 Å². The van der Waals surface area contributed by atoms with Crippen LogP contribution in [0.25, 0.3) is 11.1 Å². The Morgan fingerprint density at radius 2 is 1.77 bits per heavy atom. The Kier molecular flexibility index (Phi) is 8.94. The number of hydrogen-bond acceptors (Lipinski definition) is 4. The van der Waals surface area contributed by atoms with Crippen LogP contribution in [0.2, 0.25) is 0 Å². The van der Waals surface area contributed by atoms with Gasteiger partial charge in [-0.3, -0.25) is 9.48 Å². The van der Waals surface area contributed by atoms with Crippen molar-refractivity contribution in [3.05, 3.63) is 66.0 Å². The summed E-state index contributed by atoms with van der Waals surface area (Å²) in [5.74, 6) is 2.18. The molecule has 0 spiro atoms. The summed E-state index contributed by atoms with van der Waals surface area (Å²) in [5.41, 5.74) is 5.72. The van der Waals surface area contributed by atoms with Crippen LogP contribution in [-0.4, -0.2) is 40.6 Å². The molecule has 1 N–H and O–H groups in total. The lowest BCUT2D eigenvalue weighted by molar-refractivity contribution is -0.124. The molecule has 0 unspecified atom stereocenters. The van der Waals surface area contributed by atoms with E-state index in [1.54, 1.807) is 7.11 Å². The van der Waals surface area contributed by atoms with Crippen LogP contribution < -0.4 is 9.64 Å². The largest absolute Gasteiger partial charge is 0.496 e. The fourth-order valence-corrected chi connectivity index (χ4v) is 6.58. The van der Waals surface area contributed by atoms with Crippen LogP contribution in [0.5, 0.6) is 5.75 Å². The Hall–Kier alpha value is -3.12. The van der Waals surface area contributed by atoms with Gasteiger partial charge in [0.1, 0.15) is 5.75 Å². The van der Waals surface area contributed by atoms with Gasteiger partial charge in [-0.2, -0.15) is 5.10 Å². The normalized spacial score (nSPS) is 23.2. The van der Waals surface area contributed by atoms with Gasteiger partial charge in [0.05, 0.1) is 19.4 Å². The highest BCUT2D eigenvalue weighted by molar-refractivity contribution is 5.95. The number of rotatable bonds is 8. The Bertz CT molecular complexity index is 1280. The van der Waals surface area contributed by atoms with Gasteiger partial charge in [0.25, 0.3) is 0 Å². The van der Waals surface area contributed by atoms with Crippen LogP contribution in [0, 0.1) is 18.8 Å². The average Bonchev–Trinajstić information content (AvgIpc) is 3.47. The number of anilines is 1. The van der Waals surface area contributed by atoms with Crippen molar-refractivity contribution in [2.24, 2.45) is 11.8 Å². The van der Waals surface area contributed by atoms with Crippen molar-refractivity contribution in [1.82, 2.24) is 9.78 Å². The van der Waals surface area contributed by atoms with Crippen molar-refractivity contribution in [3.8, 4) is 16.9 Å². The van der Waals surface area contributed by atoms with E-state index in [1.807, 2.05) is 10.9 Å². The number of amides is 1. The first-order chi connectivity index (χ1) is 19.3. The molecule has 214 valence electrons. The zero-order valence-corrected chi connectivity index (χ0v) is 24.6. The third kappa shape index (κ3) is 6.43. The highest BCUT2D eigenvalue weighted by Gasteiger charge is 2.32. The molecule has 40 heavy (non-hydrogen) atoms. The van der Waals surface area contributed by atoms with Gasteiger partial charge >= 0.3 is 0 Å². The van der Waals surface area contributed by atoms with E-state index in [0.717, 1.165) is 67.6 Å². The van der Waals surface area contributed by atoms with E-state index in [2.05, 4.69) is 79.4 Å². The molecule has 6 nitrogen and oxygen atoms in total. The van der Waals surface area contributed by atoms with E-state index >= 15 is 0 Å². The lowest BCUT2D eigenvalue weighted by Crippen LogP contribution is -2.41. The molecule has 2 aromatic carbocycles. The number of aryl methyl sites for hydroxylation is 1. The van der Waals surface area contributed by atoms with Crippen molar-refractivity contribution < 1.29 is 14.6 Å². The molecule has 6 heteroatoms. The number of nitrogens with zero attached hydrogens (tertiary/aromatic N) is 3. The van der Waals surface area contributed by atoms with Crippen molar-refractivity contribution in [2.75, 3.05) is 18.6 Å². The molecule has 0 bridgehead atoms. The van der Waals surface area contributed by atoms with Gasteiger partial charge < -0.3 is 14.7 Å². The predicted octanol–water partition coefficient (Wildman–Crippen LogP) is 7.31. The van der Waals surface area contributed by atoms with Crippen LogP contribution in [0.15, 0.2) is 54.9 Å². The monoisotopic (exact) mass is 543 g/mol. The Morgan fingerprint density at radius 1 is 1.02 bits per heavy atom. The maximum Gasteiger partial charge on any atom is 0.230 e. The zero-order chi connectivity index (χ0) is 28.2. The number of carbonyl (C=O) groups excluding carboxylic acids is 1. The standard InChI is InChI=1S/C34H45N3O3/c1-23(2)37-22-30(20-35-37)28-6-5-7-31(19-28)36(34(39)27-12-15-32(38)16-13-27)21-25-8-10-26(11-9-25)29-14-17-33(40-4)24(3)18-29/h5-7,14,17-20,22-23,25-27,32,38H,8-13,15-16,21H2,1-4H3. The average molecular weight is 544 g/mol. The highest BCUT2D eigenvalue weighted by atomic mass is 16.5. The first-order valence-corrected chi connectivity index (χ1v) is 15.1. The molecule has 0 saturated heterocycles. The number of aromatic nitrogens is 2. The van der Waals surface area contributed by atoms with E-state index in [4.69, 9.17) is 4.74 Å². The van der Waals surface area contributed by atoms with Gasteiger partial charge in [0.15, 0.2) is 0 Å². The van der Waals surface area contributed by atoms with Gasteiger partial charge in [-0.25, -0.2) is 0 Å². The highest BCUT2D eigenvalue weighted by Crippen LogP contribution is 2.39. The third-order valence-electron chi connectivity index (χ3n) is 9.11. The molecule has 5 rings (SSSR count). The van der Waals surface area contributed by atoms with E-state index in [9.17, 15) is 9.90 Å². The van der Waals surface area contributed by atoms with E-state index < -0.39 is 0 Å². The fourth-order valence-electron chi connectivity index (χ4n) is 6.58. The van der Waals surface area contributed by atoms with Crippen molar-refractivity contribution in [3.63, 3.8) is 0 Å². The van der Waals surface area contributed by atoms with E-state index in [-0.39, 0.29) is 17.9 Å². The van der Waals surface area contributed by atoms with Gasteiger partial charge in [-0.15, -0.1) is 0 Å². The maximum atomic E-state index is 14.0. The SMILES string of the molecule is COc1ccc(C2CCC(CN(C(=O)C3CCC(O)CC3)c3cccc(-c4cnn(C(C)C)c4)c3)CC2)cc1C. The first kappa shape index (κ1) is 28.4. The molecule has 2 aliphatic carbocycles. The number of ether oxygens (including phenoxy) is 1. The number of aliphatic hydroxyl groups excluding tert-OH is 1. The first-order valence-electron chi connectivity index (χ1n) is 15.1. The predicted molar refractivity (Wildman–Crippen MR) is 161 cm³/mol. The minimum absolute atomic E-state index is 0.0191. The molecule has 1 heterocycles. The second-order valence-electron chi connectivity index (χ2n) is 12.3. The summed E-state index contributed by atoms with van der Waals surface area (Å²) in [5, 5.41) is 14.6. The molecule has 0 radical (unpaired) electrons. The van der Waals surface area contributed by atoms with Crippen LogP contribution in [-0.2, 0) is 4.79 Å². The fraction of sp³-hybridized carbons (Fsp3) is 0.529. The molecule has 1 amide bonds. The summed E-state index contributed by atoms with van der Waals surface area (Å²) >= 11 is 0. The molecular weight excluding hydrogens is 498 g/mol. The second-order valence-corrected chi connectivity index (χ2v) is 12.3. The van der Waals surface area contributed by atoms with Crippen molar-refractivity contribution in [1.29, 1.82) is 0 Å². The summed E-state index contributed by atoms with van der Waals surface area (Å²) in [6.07, 6.45) is 11.2. The molecule has 2 fully saturated rings. The van der Waals surface area contributed by atoms with Gasteiger partial charge in [-0.1, -0.05) is 24.3 Å². The Labute approximate surface area is 239 Å². The summed E-state index contributed by atoms with van der Waals surface area (Å²) in [6, 6.07) is 15.3. The molecule has 2 saturated carbocycles. The molecule has 0 aliphatic heterocycles. The molecule has 2 aliphatic rings. The van der Waals surface area contributed by atoms with Crippen molar-refractivity contribution in [2.45, 2.75) is 90.2 Å². The summed E-state index contributed by atoms with van der Waals surface area (Å²) in [4.78, 5) is 16.1. The van der Waals surface area contributed by atoms with Crippen LogP contribution in [0.1, 0.15) is 88.3 Å². The van der Waals surface area contributed by atoms with Gasteiger partial charge in [-0.05, 0) is 119 Å². The summed E-state index contributed by atoms with van der Waals surface area (Å²) in [6.45, 7) is 7.11. The summed E-state index contributed by atoms with van der Waals surface area (Å²) in [7, 11) is 1.73. The van der Waals surface area contributed by atoms with Gasteiger partial charge in [0, 0.05) is 36.0 Å². The molecular formula is C34H45N3O3. The Balaban J connectivity index is 1.33. The topological polar surface area (TPSA) is 67.6 Å². The minimum atomic E-state index is -0.268. The van der Waals surface area contributed by atoms with Crippen molar-refractivity contribution >= 4 is 11.6 Å². The molecule has 0 atom stereocenters. The number of carbonyl (C=O) groups is 1. The van der Waals surface area contributed by atoms with Gasteiger partial charge in [0.2, 0.25) is 5.91 Å². The number of aliphatic hydroxyl groups is 1. The molecule has 1 aromatic heterocycles. The second kappa shape index (κ2) is 12.6.